The zero-order chi connectivity index (χ0) is 11.7. The number of ether oxygens (including phenoxy) is 1. The minimum absolute atomic E-state index is 0.273. The zero-order valence-electron chi connectivity index (χ0n) is 10.2. The predicted molar refractivity (Wildman–Crippen MR) is 63.6 cm³/mol. The number of carbonyl (C=O) groups is 1. The summed E-state index contributed by atoms with van der Waals surface area (Å²) in [4.78, 5) is 14.2. The molecule has 0 aromatic carbocycles. The number of amides is 1. The minimum atomic E-state index is 0.273. The number of fused-ring (bicyclic) bond motifs is 1. The lowest BCUT2D eigenvalue weighted by Gasteiger charge is -2.26. The summed E-state index contributed by atoms with van der Waals surface area (Å²) in [6.07, 6.45) is 0. The molecule has 2 aliphatic heterocycles. The fourth-order valence-electron chi connectivity index (χ4n) is 3.09. The van der Waals surface area contributed by atoms with Crippen molar-refractivity contribution in [2.24, 2.45) is 17.8 Å². The van der Waals surface area contributed by atoms with Gasteiger partial charge in [-0.3, -0.25) is 9.69 Å². The van der Waals surface area contributed by atoms with Gasteiger partial charge in [0, 0.05) is 32.1 Å². The number of nitrogens with one attached hydrogen (secondary N) is 2. The summed E-state index contributed by atoms with van der Waals surface area (Å²) < 4.78 is 5.29. The molecule has 3 aliphatic rings. The molecule has 1 saturated carbocycles. The maximum atomic E-state index is 11.9. The molecule has 17 heavy (non-hydrogen) atoms. The Hall–Kier alpha value is -0.650. The van der Waals surface area contributed by atoms with Crippen LogP contribution >= 0.6 is 0 Å². The van der Waals surface area contributed by atoms with E-state index in [-0.39, 0.29) is 5.91 Å². The van der Waals surface area contributed by atoms with Crippen molar-refractivity contribution in [3.05, 3.63) is 0 Å². The Kier molecular flexibility index (Phi) is 3.31. The van der Waals surface area contributed by atoms with Crippen molar-refractivity contribution < 1.29 is 9.53 Å². The number of hydrogen-bond donors (Lipinski definition) is 2. The quantitative estimate of drug-likeness (QED) is 0.654. The third-order valence-corrected chi connectivity index (χ3v) is 4.23. The van der Waals surface area contributed by atoms with E-state index in [0.29, 0.717) is 17.8 Å². The molecule has 2 saturated heterocycles. The van der Waals surface area contributed by atoms with E-state index in [1.54, 1.807) is 0 Å². The largest absolute Gasteiger partial charge is 0.379 e. The van der Waals surface area contributed by atoms with Crippen LogP contribution in [0.2, 0.25) is 0 Å². The molecular formula is C12H21N3O2. The number of carbonyl (C=O) groups excluding carboxylic acids is 1. The first-order chi connectivity index (χ1) is 8.36. The highest BCUT2D eigenvalue weighted by atomic mass is 16.5. The van der Waals surface area contributed by atoms with Crippen molar-refractivity contribution in [2.45, 2.75) is 0 Å². The van der Waals surface area contributed by atoms with Gasteiger partial charge in [0.05, 0.1) is 13.2 Å². The Labute approximate surface area is 102 Å². The van der Waals surface area contributed by atoms with Crippen molar-refractivity contribution in [3.8, 4) is 0 Å². The summed E-state index contributed by atoms with van der Waals surface area (Å²) in [5, 5.41) is 6.38. The first-order valence-electron chi connectivity index (χ1n) is 6.65. The highest BCUT2D eigenvalue weighted by Gasteiger charge is 2.56. The van der Waals surface area contributed by atoms with Gasteiger partial charge in [-0.25, -0.2) is 0 Å². The molecule has 5 nitrogen and oxygen atoms in total. The summed E-state index contributed by atoms with van der Waals surface area (Å²) in [6, 6.07) is 0. The van der Waals surface area contributed by atoms with Gasteiger partial charge in [0.25, 0.3) is 0 Å². The molecule has 3 rings (SSSR count). The number of hydrogen-bond acceptors (Lipinski definition) is 4. The Balaban J connectivity index is 1.33. The average molecular weight is 239 g/mol. The summed E-state index contributed by atoms with van der Waals surface area (Å²) >= 11 is 0. The van der Waals surface area contributed by atoms with Crippen LogP contribution in [0.15, 0.2) is 0 Å². The number of piperidine rings is 1. The van der Waals surface area contributed by atoms with E-state index in [1.807, 2.05) is 0 Å². The van der Waals surface area contributed by atoms with E-state index in [0.717, 1.165) is 52.5 Å². The molecule has 3 atom stereocenters. The fraction of sp³-hybridized carbons (Fsp3) is 0.917. The van der Waals surface area contributed by atoms with Gasteiger partial charge in [-0.2, -0.15) is 0 Å². The van der Waals surface area contributed by atoms with Gasteiger partial charge in [0.2, 0.25) is 5.91 Å². The topological polar surface area (TPSA) is 53.6 Å². The molecule has 0 aromatic rings. The molecule has 2 N–H and O–H groups in total. The normalized spacial score (nSPS) is 36.6. The van der Waals surface area contributed by atoms with Crippen molar-refractivity contribution in [3.63, 3.8) is 0 Å². The summed E-state index contributed by atoms with van der Waals surface area (Å²) in [5.41, 5.74) is 0. The smallest absolute Gasteiger partial charge is 0.223 e. The van der Waals surface area contributed by atoms with E-state index >= 15 is 0 Å². The maximum absolute atomic E-state index is 11.9. The molecule has 5 heteroatoms. The fourth-order valence-corrected chi connectivity index (χ4v) is 3.09. The van der Waals surface area contributed by atoms with Crippen molar-refractivity contribution in [2.75, 3.05) is 52.5 Å². The SMILES string of the molecule is O=C(NCCN1CCOCC1)[C@H]1[C@@H]2CNC[C@@H]21. The molecule has 96 valence electrons. The van der Waals surface area contributed by atoms with E-state index in [9.17, 15) is 4.79 Å². The Bertz CT molecular complexity index is 281. The van der Waals surface area contributed by atoms with Crippen LogP contribution in [0.5, 0.6) is 0 Å². The summed E-state index contributed by atoms with van der Waals surface area (Å²) in [7, 11) is 0. The second-order valence-electron chi connectivity index (χ2n) is 5.26. The van der Waals surface area contributed by atoms with Gasteiger partial charge in [0.1, 0.15) is 0 Å². The lowest BCUT2D eigenvalue weighted by molar-refractivity contribution is -0.123. The number of nitrogens with zero attached hydrogens (tertiary/aromatic N) is 1. The molecule has 1 aliphatic carbocycles. The van der Waals surface area contributed by atoms with Crippen LogP contribution in [-0.2, 0) is 9.53 Å². The van der Waals surface area contributed by atoms with Crippen LogP contribution in [0.1, 0.15) is 0 Å². The molecular weight excluding hydrogens is 218 g/mol. The molecule has 3 fully saturated rings. The maximum Gasteiger partial charge on any atom is 0.223 e. The molecule has 0 radical (unpaired) electrons. The minimum Gasteiger partial charge on any atom is -0.379 e. The van der Waals surface area contributed by atoms with Gasteiger partial charge >= 0.3 is 0 Å². The molecule has 0 spiro atoms. The second kappa shape index (κ2) is 4.92. The van der Waals surface area contributed by atoms with Crippen molar-refractivity contribution in [1.82, 2.24) is 15.5 Å². The second-order valence-corrected chi connectivity index (χ2v) is 5.26. The molecule has 0 unspecified atom stereocenters. The van der Waals surface area contributed by atoms with Gasteiger partial charge in [0.15, 0.2) is 0 Å². The van der Waals surface area contributed by atoms with E-state index < -0.39 is 0 Å². The molecule has 2 heterocycles. The van der Waals surface area contributed by atoms with E-state index in [1.165, 1.54) is 0 Å². The van der Waals surface area contributed by atoms with Gasteiger partial charge < -0.3 is 15.4 Å². The summed E-state index contributed by atoms with van der Waals surface area (Å²) in [6.45, 7) is 7.44. The molecule has 0 aromatic heterocycles. The van der Waals surface area contributed by atoms with Crippen LogP contribution in [0.25, 0.3) is 0 Å². The predicted octanol–water partition coefficient (Wildman–Crippen LogP) is -1.10. The Morgan fingerprint density at radius 2 is 2.00 bits per heavy atom. The van der Waals surface area contributed by atoms with E-state index in [2.05, 4.69) is 15.5 Å². The first-order valence-corrected chi connectivity index (χ1v) is 6.65. The standard InChI is InChI=1S/C12H21N3O2/c16-12(11-9-7-13-8-10(9)11)14-1-2-15-3-5-17-6-4-15/h9-11,13H,1-8H2,(H,14,16)/t9-,10+,11+. The molecule has 1 amide bonds. The van der Waals surface area contributed by atoms with Gasteiger partial charge in [-0.1, -0.05) is 0 Å². The lowest BCUT2D eigenvalue weighted by atomic mass is 10.2. The van der Waals surface area contributed by atoms with Crippen molar-refractivity contribution >= 4 is 5.91 Å². The third kappa shape index (κ3) is 2.46. The van der Waals surface area contributed by atoms with Crippen LogP contribution in [0.3, 0.4) is 0 Å². The number of rotatable bonds is 4. The van der Waals surface area contributed by atoms with Crippen molar-refractivity contribution in [1.29, 1.82) is 0 Å². The Morgan fingerprint density at radius 1 is 1.29 bits per heavy atom. The molecule has 0 bridgehead atoms. The highest BCUT2D eigenvalue weighted by Crippen LogP contribution is 2.48. The summed E-state index contributed by atoms with van der Waals surface area (Å²) in [5.74, 6) is 1.83. The van der Waals surface area contributed by atoms with Crippen LogP contribution in [0, 0.1) is 17.8 Å². The van der Waals surface area contributed by atoms with E-state index in [4.69, 9.17) is 4.74 Å². The Morgan fingerprint density at radius 3 is 2.71 bits per heavy atom. The van der Waals surface area contributed by atoms with Crippen LogP contribution in [0.4, 0.5) is 0 Å². The average Bonchev–Trinajstić information content (AvgIpc) is 2.84. The third-order valence-electron chi connectivity index (χ3n) is 4.23. The van der Waals surface area contributed by atoms with Gasteiger partial charge in [-0.15, -0.1) is 0 Å². The highest BCUT2D eigenvalue weighted by molar-refractivity contribution is 5.82. The van der Waals surface area contributed by atoms with Gasteiger partial charge in [-0.05, 0) is 24.9 Å². The monoisotopic (exact) mass is 239 g/mol. The zero-order valence-corrected chi connectivity index (χ0v) is 10.2. The number of morpholine rings is 1. The van der Waals surface area contributed by atoms with Crippen LogP contribution in [-0.4, -0.2) is 63.3 Å². The first kappa shape index (κ1) is 11.4. The van der Waals surface area contributed by atoms with Crippen LogP contribution < -0.4 is 10.6 Å². The lowest BCUT2D eigenvalue weighted by Crippen LogP contribution is -2.42.